The van der Waals surface area contributed by atoms with Crippen molar-refractivity contribution in [1.82, 2.24) is 24.5 Å². The maximum Gasteiger partial charge on any atom is 0.243 e. The molecule has 3 rings (SSSR count). The molecule has 1 saturated heterocycles. The number of nitrogens with zero attached hydrogens (tertiary/aromatic N) is 6. The molecule has 1 fully saturated rings. The van der Waals surface area contributed by atoms with Crippen LogP contribution in [0.4, 0.5) is 11.9 Å². The van der Waals surface area contributed by atoms with Gasteiger partial charge in [-0.3, -0.25) is 9.99 Å². The second kappa shape index (κ2) is 5.65. The Morgan fingerprint density at radius 1 is 1.05 bits per heavy atom. The van der Waals surface area contributed by atoms with Crippen LogP contribution < -0.4 is 16.2 Å². The lowest BCUT2D eigenvalue weighted by Gasteiger charge is -2.26. The summed E-state index contributed by atoms with van der Waals surface area (Å²) in [6, 6.07) is 0. The van der Waals surface area contributed by atoms with E-state index < -0.39 is 0 Å². The summed E-state index contributed by atoms with van der Waals surface area (Å²) in [6.45, 7) is 5.88. The van der Waals surface area contributed by atoms with Crippen molar-refractivity contribution in [3.63, 3.8) is 0 Å². The fourth-order valence-electron chi connectivity index (χ4n) is 2.46. The third-order valence-electron chi connectivity index (χ3n) is 3.85. The molecular weight excluding hydrogens is 268 g/mol. The average Bonchev–Trinajstić information content (AvgIpc) is 2.87. The zero-order valence-electron chi connectivity index (χ0n) is 12.4. The zero-order chi connectivity index (χ0) is 14.8. The van der Waals surface area contributed by atoms with E-state index in [1.54, 1.807) is 6.33 Å². The minimum absolute atomic E-state index is 0.367. The van der Waals surface area contributed by atoms with E-state index in [0.29, 0.717) is 17.8 Å². The Kier molecular flexibility index (Phi) is 3.70. The smallest absolute Gasteiger partial charge is 0.243 e. The highest BCUT2D eigenvalue weighted by molar-refractivity contribution is 5.40. The first kappa shape index (κ1) is 13.7. The lowest BCUT2D eigenvalue weighted by atomic mass is 10.1. The van der Waals surface area contributed by atoms with E-state index in [2.05, 4.69) is 30.3 Å². The zero-order valence-corrected chi connectivity index (χ0v) is 12.4. The SMILES string of the molecule is Cc1ncn(-c2nc(NN)nc(N3CCCCC3)n2)c1C. The highest BCUT2D eigenvalue weighted by atomic mass is 15.4. The summed E-state index contributed by atoms with van der Waals surface area (Å²) in [5, 5.41) is 0. The van der Waals surface area contributed by atoms with Crippen molar-refractivity contribution in [2.45, 2.75) is 33.1 Å². The molecule has 3 heterocycles. The van der Waals surface area contributed by atoms with Gasteiger partial charge in [0.1, 0.15) is 6.33 Å². The van der Waals surface area contributed by atoms with Crippen LogP contribution in [-0.4, -0.2) is 37.6 Å². The third kappa shape index (κ3) is 2.66. The molecule has 1 aliphatic heterocycles. The van der Waals surface area contributed by atoms with E-state index >= 15 is 0 Å². The van der Waals surface area contributed by atoms with E-state index in [4.69, 9.17) is 5.84 Å². The van der Waals surface area contributed by atoms with E-state index in [-0.39, 0.29) is 0 Å². The number of nitrogens with one attached hydrogen (secondary N) is 1. The molecule has 0 spiro atoms. The van der Waals surface area contributed by atoms with Crippen LogP contribution in [-0.2, 0) is 0 Å². The fraction of sp³-hybridized carbons (Fsp3) is 0.538. The predicted octanol–water partition coefficient (Wildman–Crippen LogP) is 0.950. The van der Waals surface area contributed by atoms with Gasteiger partial charge in [-0.1, -0.05) is 0 Å². The summed E-state index contributed by atoms with van der Waals surface area (Å²) >= 11 is 0. The van der Waals surface area contributed by atoms with Gasteiger partial charge in [0.05, 0.1) is 5.69 Å². The molecule has 0 aliphatic carbocycles. The number of hydrogen-bond donors (Lipinski definition) is 2. The van der Waals surface area contributed by atoms with Crippen molar-refractivity contribution in [2.75, 3.05) is 23.4 Å². The number of rotatable bonds is 3. The van der Waals surface area contributed by atoms with Gasteiger partial charge in [-0.25, -0.2) is 10.8 Å². The summed E-state index contributed by atoms with van der Waals surface area (Å²) < 4.78 is 1.85. The minimum atomic E-state index is 0.367. The fourth-order valence-corrected chi connectivity index (χ4v) is 2.46. The second-order valence-corrected chi connectivity index (χ2v) is 5.24. The number of piperidine rings is 1. The molecule has 1 aliphatic rings. The van der Waals surface area contributed by atoms with Crippen LogP contribution in [0.15, 0.2) is 6.33 Å². The topological polar surface area (TPSA) is 97.8 Å². The highest BCUT2D eigenvalue weighted by Gasteiger charge is 2.17. The number of nitrogens with two attached hydrogens (primary N) is 1. The van der Waals surface area contributed by atoms with E-state index in [9.17, 15) is 0 Å². The molecule has 8 nitrogen and oxygen atoms in total. The first-order chi connectivity index (χ1) is 10.2. The predicted molar refractivity (Wildman–Crippen MR) is 80.3 cm³/mol. The monoisotopic (exact) mass is 288 g/mol. The van der Waals surface area contributed by atoms with Crippen molar-refractivity contribution in [2.24, 2.45) is 5.84 Å². The van der Waals surface area contributed by atoms with Gasteiger partial charge in [-0.2, -0.15) is 15.0 Å². The lowest BCUT2D eigenvalue weighted by Crippen LogP contribution is -2.32. The number of aryl methyl sites for hydroxylation is 1. The largest absolute Gasteiger partial charge is 0.341 e. The van der Waals surface area contributed by atoms with Crippen molar-refractivity contribution in [3.05, 3.63) is 17.7 Å². The van der Waals surface area contributed by atoms with Crippen LogP contribution in [0.2, 0.25) is 0 Å². The van der Waals surface area contributed by atoms with Crippen molar-refractivity contribution >= 4 is 11.9 Å². The molecule has 0 bridgehead atoms. The number of hydrogen-bond acceptors (Lipinski definition) is 7. The molecule has 0 saturated carbocycles. The Hall–Kier alpha value is -2.22. The summed E-state index contributed by atoms with van der Waals surface area (Å²) in [5.41, 5.74) is 4.48. The normalized spacial score (nSPS) is 15.3. The molecule has 2 aromatic rings. The van der Waals surface area contributed by atoms with Crippen molar-refractivity contribution < 1.29 is 0 Å². The van der Waals surface area contributed by atoms with Gasteiger partial charge in [-0.15, -0.1) is 0 Å². The van der Waals surface area contributed by atoms with E-state index in [1.165, 1.54) is 6.42 Å². The van der Waals surface area contributed by atoms with Gasteiger partial charge < -0.3 is 4.90 Å². The number of anilines is 2. The number of hydrazine groups is 1. The van der Waals surface area contributed by atoms with E-state index in [1.807, 2.05) is 18.4 Å². The quantitative estimate of drug-likeness (QED) is 0.641. The minimum Gasteiger partial charge on any atom is -0.341 e. The molecule has 2 aromatic heterocycles. The number of aromatic nitrogens is 5. The van der Waals surface area contributed by atoms with Crippen molar-refractivity contribution in [1.29, 1.82) is 0 Å². The summed E-state index contributed by atoms with van der Waals surface area (Å²) in [4.78, 5) is 19.7. The Balaban J connectivity index is 2.02. The maximum atomic E-state index is 5.49. The van der Waals surface area contributed by atoms with Crippen LogP contribution in [0.5, 0.6) is 0 Å². The molecule has 8 heteroatoms. The highest BCUT2D eigenvalue weighted by Crippen LogP contribution is 2.19. The molecule has 0 unspecified atom stereocenters. The molecule has 0 radical (unpaired) electrons. The average molecular weight is 288 g/mol. The van der Waals surface area contributed by atoms with Gasteiger partial charge in [0.15, 0.2) is 0 Å². The van der Waals surface area contributed by atoms with Gasteiger partial charge >= 0.3 is 0 Å². The Morgan fingerprint density at radius 3 is 2.38 bits per heavy atom. The van der Waals surface area contributed by atoms with Gasteiger partial charge in [0.25, 0.3) is 0 Å². The van der Waals surface area contributed by atoms with Crippen LogP contribution in [0, 0.1) is 13.8 Å². The van der Waals surface area contributed by atoms with Crippen LogP contribution in [0.3, 0.4) is 0 Å². The van der Waals surface area contributed by atoms with Gasteiger partial charge in [0, 0.05) is 18.8 Å². The molecular formula is C13H20N8. The van der Waals surface area contributed by atoms with Gasteiger partial charge in [0.2, 0.25) is 17.8 Å². The third-order valence-corrected chi connectivity index (χ3v) is 3.85. The lowest BCUT2D eigenvalue weighted by molar-refractivity contribution is 0.566. The summed E-state index contributed by atoms with van der Waals surface area (Å²) in [5.74, 6) is 7.06. The summed E-state index contributed by atoms with van der Waals surface area (Å²) in [7, 11) is 0. The second-order valence-electron chi connectivity index (χ2n) is 5.24. The molecule has 0 atom stereocenters. The summed E-state index contributed by atoms with van der Waals surface area (Å²) in [6.07, 6.45) is 5.31. The standard InChI is InChI=1S/C13H20N8/c1-9-10(2)21(8-15-9)13-17-11(19-14)16-12(18-13)20-6-4-3-5-7-20/h8H,3-7,14H2,1-2H3,(H,16,17,18,19). The van der Waals surface area contributed by atoms with Crippen molar-refractivity contribution in [3.8, 4) is 5.95 Å². The van der Waals surface area contributed by atoms with Crippen LogP contribution in [0.25, 0.3) is 5.95 Å². The number of nitrogen functional groups attached to an aromatic ring is 1. The molecule has 21 heavy (non-hydrogen) atoms. The Morgan fingerprint density at radius 2 is 1.76 bits per heavy atom. The first-order valence-corrected chi connectivity index (χ1v) is 7.17. The molecule has 112 valence electrons. The number of imidazole rings is 1. The molecule has 3 N–H and O–H groups in total. The van der Waals surface area contributed by atoms with Gasteiger partial charge in [-0.05, 0) is 33.1 Å². The Labute approximate surface area is 123 Å². The molecule has 0 amide bonds. The maximum absolute atomic E-state index is 5.49. The van der Waals surface area contributed by atoms with E-state index in [0.717, 1.165) is 37.3 Å². The molecule has 0 aromatic carbocycles. The van der Waals surface area contributed by atoms with Crippen LogP contribution >= 0.6 is 0 Å². The van der Waals surface area contributed by atoms with Crippen LogP contribution in [0.1, 0.15) is 30.7 Å². The Bertz CT molecular complexity index is 629. The first-order valence-electron chi connectivity index (χ1n) is 7.17.